The molecule has 4 heteroatoms. The minimum atomic E-state index is -0.809. The van der Waals surface area contributed by atoms with Crippen molar-refractivity contribution in [3.63, 3.8) is 0 Å². The SMILES string of the molecule is CCNC(CN1CCC(C)(C)C1)(C(N)=O)c1ccccc1. The maximum absolute atomic E-state index is 12.3. The number of nitrogens with zero attached hydrogens (tertiary/aromatic N) is 1. The number of hydrogen-bond acceptors (Lipinski definition) is 3. The standard InChI is InChI=1S/C17H27N3O/c1-4-19-17(15(18)21,14-8-6-5-7-9-14)13-20-11-10-16(2,3)12-20/h5-9,19H,4,10-13H2,1-3H3,(H2,18,21). The summed E-state index contributed by atoms with van der Waals surface area (Å²) in [6.45, 7) is 9.90. The average Bonchev–Trinajstić information content (AvgIpc) is 2.78. The number of primary amides is 1. The summed E-state index contributed by atoms with van der Waals surface area (Å²) < 4.78 is 0. The third-order valence-electron chi connectivity index (χ3n) is 4.38. The number of rotatable bonds is 6. The summed E-state index contributed by atoms with van der Waals surface area (Å²) in [6, 6.07) is 9.83. The predicted octanol–water partition coefficient (Wildman–Crippen LogP) is 1.71. The zero-order valence-electron chi connectivity index (χ0n) is 13.4. The number of carbonyl (C=O) groups is 1. The normalized spacial score (nSPS) is 21.1. The molecule has 0 radical (unpaired) electrons. The first kappa shape index (κ1) is 16.0. The van der Waals surface area contributed by atoms with E-state index in [0.717, 1.165) is 25.1 Å². The van der Waals surface area contributed by atoms with Crippen LogP contribution in [0.5, 0.6) is 0 Å². The molecule has 0 bridgehead atoms. The molecule has 1 unspecified atom stereocenters. The Hall–Kier alpha value is -1.39. The Kier molecular flexibility index (Phi) is 4.69. The van der Waals surface area contributed by atoms with Gasteiger partial charge in [-0.15, -0.1) is 0 Å². The Bertz CT molecular complexity index is 486. The van der Waals surface area contributed by atoms with E-state index in [4.69, 9.17) is 5.73 Å². The van der Waals surface area contributed by atoms with E-state index in [1.807, 2.05) is 37.3 Å². The van der Waals surface area contributed by atoms with E-state index in [1.54, 1.807) is 0 Å². The molecule has 1 heterocycles. The van der Waals surface area contributed by atoms with E-state index >= 15 is 0 Å². The largest absolute Gasteiger partial charge is 0.368 e. The lowest BCUT2D eigenvalue weighted by atomic mass is 9.88. The van der Waals surface area contributed by atoms with Crippen LogP contribution in [0.25, 0.3) is 0 Å². The van der Waals surface area contributed by atoms with Crippen LogP contribution >= 0.6 is 0 Å². The summed E-state index contributed by atoms with van der Waals surface area (Å²) in [7, 11) is 0. The highest BCUT2D eigenvalue weighted by Gasteiger charge is 2.42. The fourth-order valence-electron chi connectivity index (χ4n) is 3.28. The zero-order valence-corrected chi connectivity index (χ0v) is 13.4. The van der Waals surface area contributed by atoms with Crippen molar-refractivity contribution >= 4 is 5.91 Å². The van der Waals surface area contributed by atoms with Gasteiger partial charge in [-0.1, -0.05) is 51.1 Å². The van der Waals surface area contributed by atoms with Gasteiger partial charge in [-0.05, 0) is 30.5 Å². The Morgan fingerprint density at radius 3 is 2.52 bits per heavy atom. The van der Waals surface area contributed by atoms with Crippen molar-refractivity contribution in [2.24, 2.45) is 11.1 Å². The maximum atomic E-state index is 12.3. The quantitative estimate of drug-likeness (QED) is 0.838. The van der Waals surface area contributed by atoms with Crippen molar-refractivity contribution in [1.29, 1.82) is 0 Å². The van der Waals surface area contributed by atoms with Gasteiger partial charge in [0.25, 0.3) is 0 Å². The van der Waals surface area contributed by atoms with Crippen LogP contribution in [0.4, 0.5) is 0 Å². The fraction of sp³-hybridized carbons (Fsp3) is 0.588. The van der Waals surface area contributed by atoms with Crippen molar-refractivity contribution < 1.29 is 4.79 Å². The molecule has 21 heavy (non-hydrogen) atoms. The van der Waals surface area contributed by atoms with Gasteiger partial charge in [0.2, 0.25) is 5.91 Å². The first-order chi connectivity index (χ1) is 9.89. The Labute approximate surface area is 127 Å². The van der Waals surface area contributed by atoms with E-state index in [1.165, 1.54) is 0 Å². The molecule has 1 amide bonds. The lowest BCUT2D eigenvalue weighted by Gasteiger charge is -2.36. The highest BCUT2D eigenvalue weighted by molar-refractivity contribution is 5.86. The number of nitrogens with two attached hydrogens (primary N) is 1. The molecule has 1 aromatic rings. The zero-order chi connectivity index (χ0) is 15.5. The minimum absolute atomic E-state index is 0.305. The van der Waals surface area contributed by atoms with E-state index < -0.39 is 5.54 Å². The molecule has 0 spiro atoms. The summed E-state index contributed by atoms with van der Waals surface area (Å²) in [5.74, 6) is -0.305. The number of likely N-dealkylation sites (tertiary alicyclic amines) is 1. The van der Waals surface area contributed by atoms with Gasteiger partial charge in [0.1, 0.15) is 5.54 Å². The second-order valence-corrected chi connectivity index (χ2v) is 6.79. The molecular formula is C17H27N3O. The number of hydrogen-bond donors (Lipinski definition) is 2. The van der Waals surface area contributed by atoms with Gasteiger partial charge in [-0.25, -0.2) is 0 Å². The van der Waals surface area contributed by atoms with Crippen molar-refractivity contribution in [2.45, 2.75) is 32.7 Å². The molecule has 4 nitrogen and oxygen atoms in total. The van der Waals surface area contributed by atoms with Crippen LogP contribution in [0.15, 0.2) is 30.3 Å². The van der Waals surface area contributed by atoms with Crippen LogP contribution in [0.1, 0.15) is 32.8 Å². The van der Waals surface area contributed by atoms with Crippen molar-refractivity contribution in [1.82, 2.24) is 10.2 Å². The molecule has 1 saturated heterocycles. The van der Waals surface area contributed by atoms with E-state index in [-0.39, 0.29) is 5.91 Å². The predicted molar refractivity (Wildman–Crippen MR) is 85.8 cm³/mol. The topological polar surface area (TPSA) is 58.4 Å². The third-order valence-corrected chi connectivity index (χ3v) is 4.38. The molecular weight excluding hydrogens is 262 g/mol. The lowest BCUT2D eigenvalue weighted by molar-refractivity contribution is -0.125. The smallest absolute Gasteiger partial charge is 0.243 e. The second kappa shape index (κ2) is 6.16. The molecule has 0 aromatic heterocycles. The fourth-order valence-corrected chi connectivity index (χ4v) is 3.28. The molecule has 3 N–H and O–H groups in total. The van der Waals surface area contributed by atoms with Crippen molar-refractivity contribution in [3.05, 3.63) is 35.9 Å². The van der Waals surface area contributed by atoms with Gasteiger partial charge in [0, 0.05) is 13.1 Å². The average molecular weight is 289 g/mol. The van der Waals surface area contributed by atoms with Crippen molar-refractivity contribution in [3.8, 4) is 0 Å². The summed E-state index contributed by atoms with van der Waals surface area (Å²) in [6.07, 6.45) is 1.16. The first-order valence-corrected chi connectivity index (χ1v) is 7.72. The highest BCUT2D eigenvalue weighted by atomic mass is 16.1. The van der Waals surface area contributed by atoms with Crippen LogP contribution in [-0.4, -0.2) is 37.0 Å². The molecule has 0 aliphatic carbocycles. The van der Waals surface area contributed by atoms with Crippen LogP contribution in [0, 0.1) is 5.41 Å². The lowest BCUT2D eigenvalue weighted by Crippen LogP contribution is -2.58. The second-order valence-electron chi connectivity index (χ2n) is 6.79. The van der Waals surface area contributed by atoms with Crippen LogP contribution in [0.3, 0.4) is 0 Å². The Morgan fingerprint density at radius 2 is 2.05 bits per heavy atom. The summed E-state index contributed by atoms with van der Waals surface area (Å²) in [5, 5.41) is 3.35. The molecule has 1 atom stereocenters. The molecule has 1 fully saturated rings. The molecule has 1 aliphatic rings. The third kappa shape index (κ3) is 3.44. The number of carbonyl (C=O) groups excluding carboxylic acids is 1. The maximum Gasteiger partial charge on any atom is 0.243 e. The van der Waals surface area contributed by atoms with Gasteiger partial charge < -0.3 is 10.6 Å². The van der Waals surface area contributed by atoms with Crippen molar-refractivity contribution in [2.75, 3.05) is 26.2 Å². The van der Waals surface area contributed by atoms with Gasteiger partial charge in [0.05, 0.1) is 0 Å². The number of likely N-dealkylation sites (N-methyl/N-ethyl adjacent to an activating group) is 1. The van der Waals surface area contributed by atoms with Crippen LogP contribution < -0.4 is 11.1 Å². The van der Waals surface area contributed by atoms with Crippen LogP contribution in [0.2, 0.25) is 0 Å². The minimum Gasteiger partial charge on any atom is -0.368 e. The molecule has 2 rings (SSSR count). The molecule has 0 saturated carbocycles. The monoisotopic (exact) mass is 289 g/mol. The van der Waals surface area contributed by atoms with Gasteiger partial charge in [0.15, 0.2) is 0 Å². The summed E-state index contributed by atoms with van der Waals surface area (Å²) in [4.78, 5) is 14.6. The number of nitrogens with one attached hydrogen (secondary N) is 1. The molecule has 116 valence electrons. The summed E-state index contributed by atoms with van der Waals surface area (Å²) >= 11 is 0. The van der Waals surface area contributed by atoms with E-state index in [9.17, 15) is 4.79 Å². The molecule has 1 aliphatic heterocycles. The van der Waals surface area contributed by atoms with Gasteiger partial charge >= 0.3 is 0 Å². The van der Waals surface area contributed by atoms with Gasteiger partial charge in [-0.2, -0.15) is 0 Å². The highest BCUT2D eigenvalue weighted by Crippen LogP contribution is 2.32. The van der Waals surface area contributed by atoms with E-state index in [0.29, 0.717) is 18.5 Å². The van der Waals surface area contributed by atoms with Crippen LogP contribution in [-0.2, 0) is 10.3 Å². The van der Waals surface area contributed by atoms with Gasteiger partial charge in [-0.3, -0.25) is 10.1 Å². The Balaban J connectivity index is 2.30. The Morgan fingerprint density at radius 1 is 1.38 bits per heavy atom. The first-order valence-electron chi connectivity index (χ1n) is 7.72. The molecule has 1 aromatic carbocycles. The van der Waals surface area contributed by atoms with E-state index in [2.05, 4.69) is 24.1 Å². The number of amides is 1. The number of benzene rings is 1. The summed E-state index contributed by atoms with van der Waals surface area (Å²) in [5.41, 5.74) is 6.26.